The number of carbonyl (C=O) groups is 1. The van der Waals surface area contributed by atoms with Gasteiger partial charge in [0.05, 0.1) is 19.1 Å². The number of hydrogen-bond donors (Lipinski definition) is 0. The van der Waals surface area contributed by atoms with Crippen molar-refractivity contribution in [3.8, 4) is 5.75 Å². The standard InChI is InChI=1S/C15H18F2O4/c1-7-8(2)20-15(21-9(3)18)12(7)10-5-6-11(16)13(17)14(10)19-4/h5-8,12,15H,1-4H3/t7-,8?,12+,15?/m1/s1. The second-order valence-electron chi connectivity index (χ2n) is 5.19. The molecule has 1 aliphatic rings. The van der Waals surface area contributed by atoms with Gasteiger partial charge in [0.2, 0.25) is 12.1 Å². The summed E-state index contributed by atoms with van der Waals surface area (Å²) in [4.78, 5) is 11.2. The molecule has 0 radical (unpaired) electrons. The Morgan fingerprint density at radius 2 is 1.95 bits per heavy atom. The van der Waals surface area contributed by atoms with E-state index in [0.717, 1.165) is 6.07 Å². The number of halogens is 2. The largest absolute Gasteiger partial charge is 0.493 e. The molecular weight excluding hydrogens is 282 g/mol. The van der Waals surface area contributed by atoms with E-state index in [4.69, 9.17) is 14.2 Å². The lowest BCUT2D eigenvalue weighted by Gasteiger charge is -2.23. The van der Waals surface area contributed by atoms with Crippen LogP contribution >= 0.6 is 0 Å². The highest BCUT2D eigenvalue weighted by molar-refractivity contribution is 5.66. The lowest BCUT2D eigenvalue weighted by Crippen LogP contribution is -2.23. The van der Waals surface area contributed by atoms with Crippen molar-refractivity contribution in [1.29, 1.82) is 0 Å². The van der Waals surface area contributed by atoms with Crippen LogP contribution in [-0.4, -0.2) is 25.5 Å². The van der Waals surface area contributed by atoms with Gasteiger partial charge in [0, 0.05) is 12.5 Å². The van der Waals surface area contributed by atoms with Crippen molar-refractivity contribution in [3.05, 3.63) is 29.3 Å². The number of esters is 1. The Bertz CT molecular complexity index is 547. The molecule has 0 amide bonds. The van der Waals surface area contributed by atoms with Gasteiger partial charge in [0.25, 0.3) is 0 Å². The molecule has 4 nitrogen and oxygen atoms in total. The van der Waals surface area contributed by atoms with Crippen LogP contribution in [-0.2, 0) is 14.3 Å². The van der Waals surface area contributed by atoms with Crippen LogP contribution in [0.4, 0.5) is 8.78 Å². The molecule has 6 heteroatoms. The van der Waals surface area contributed by atoms with Crippen LogP contribution in [0.15, 0.2) is 12.1 Å². The molecule has 2 unspecified atom stereocenters. The third kappa shape index (κ3) is 2.85. The molecule has 116 valence electrons. The smallest absolute Gasteiger partial charge is 0.304 e. The second kappa shape index (κ2) is 5.97. The van der Waals surface area contributed by atoms with E-state index in [1.165, 1.54) is 20.1 Å². The van der Waals surface area contributed by atoms with Gasteiger partial charge in [-0.3, -0.25) is 4.79 Å². The molecule has 1 fully saturated rings. The van der Waals surface area contributed by atoms with Gasteiger partial charge in [0.1, 0.15) is 0 Å². The minimum atomic E-state index is -1.05. The van der Waals surface area contributed by atoms with Crippen molar-refractivity contribution in [2.75, 3.05) is 7.11 Å². The average molecular weight is 300 g/mol. The van der Waals surface area contributed by atoms with E-state index in [9.17, 15) is 13.6 Å². The van der Waals surface area contributed by atoms with Gasteiger partial charge in [-0.25, -0.2) is 4.39 Å². The molecule has 1 aromatic rings. The maximum Gasteiger partial charge on any atom is 0.304 e. The third-order valence-electron chi connectivity index (χ3n) is 3.87. The van der Waals surface area contributed by atoms with Crippen LogP contribution in [0.5, 0.6) is 5.75 Å². The van der Waals surface area contributed by atoms with Gasteiger partial charge in [-0.05, 0) is 18.9 Å². The van der Waals surface area contributed by atoms with Gasteiger partial charge in [-0.1, -0.05) is 13.0 Å². The summed E-state index contributed by atoms with van der Waals surface area (Å²) in [5.74, 6) is -3.18. The highest BCUT2D eigenvalue weighted by atomic mass is 19.2. The maximum absolute atomic E-state index is 13.9. The first-order valence-corrected chi connectivity index (χ1v) is 6.71. The summed E-state index contributed by atoms with van der Waals surface area (Å²) in [6.45, 7) is 5.02. The van der Waals surface area contributed by atoms with Crippen LogP contribution in [0.1, 0.15) is 32.3 Å². The van der Waals surface area contributed by atoms with Gasteiger partial charge < -0.3 is 14.2 Å². The van der Waals surface area contributed by atoms with Crippen molar-refractivity contribution in [2.45, 2.75) is 39.1 Å². The Morgan fingerprint density at radius 1 is 1.29 bits per heavy atom. The van der Waals surface area contributed by atoms with E-state index in [1.807, 2.05) is 13.8 Å². The third-order valence-corrected chi connectivity index (χ3v) is 3.87. The summed E-state index contributed by atoms with van der Waals surface area (Å²) in [5.41, 5.74) is 0.430. The predicted octanol–water partition coefficient (Wildman–Crippen LogP) is 3.00. The molecule has 1 heterocycles. The Labute approximate surface area is 122 Å². The Kier molecular flexibility index (Phi) is 4.46. The van der Waals surface area contributed by atoms with Crippen LogP contribution in [0.2, 0.25) is 0 Å². The fraction of sp³-hybridized carbons (Fsp3) is 0.533. The zero-order valence-corrected chi connectivity index (χ0v) is 12.4. The Morgan fingerprint density at radius 3 is 2.52 bits per heavy atom. The van der Waals surface area contributed by atoms with E-state index >= 15 is 0 Å². The molecule has 4 atom stereocenters. The van der Waals surface area contributed by atoms with Crippen molar-refractivity contribution in [1.82, 2.24) is 0 Å². The zero-order valence-electron chi connectivity index (χ0n) is 12.4. The number of methoxy groups -OCH3 is 1. The topological polar surface area (TPSA) is 44.8 Å². The summed E-state index contributed by atoms with van der Waals surface area (Å²) in [6, 6.07) is 2.48. The summed E-state index contributed by atoms with van der Waals surface area (Å²) >= 11 is 0. The first-order valence-electron chi connectivity index (χ1n) is 6.71. The molecule has 0 aromatic heterocycles. The summed E-state index contributed by atoms with van der Waals surface area (Å²) in [7, 11) is 1.27. The molecular formula is C15H18F2O4. The van der Waals surface area contributed by atoms with E-state index in [0.29, 0.717) is 5.56 Å². The highest BCUT2D eigenvalue weighted by Gasteiger charge is 2.44. The molecule has 1 aromatic carbocycles. The van der Waals surface area contributed by atoms with Crippen molar-refractivity contribution < 1.29 is 27.8 Å². The number of benzene rings is 1. The molecule has 1 aliphatic heterocycles. The fourth-order valence-corrected chi connectivity index (χ4v) is 2.67. The fourth-order valence-electron chi connectivity index (χ4n) is 2.67. The molecule has 0 saturated carbocycles. The first-order chi connectivity index (χ1) is 9.86. The lowest BCUT2D eigenvalue weighted by atomic mass is 9.85. The molecule has 21 heavy (non-hydrogen) atoms. The van der Waals surface area contributed by atoms with Crippen LogP contribution < -0.4 is 4.74 Å². The number of ether oxygens (including phenoxy) is 3. The molecule has 2 rings (SSSR count). The molecule has 1 saturated heterocycles. The van der Waals surface area contributed by atoms with Gasteiger partial charge in [0.15, 0.2) is 11.6 Å². The van der Waals surface area contributed by atoms with Crippen molar-refractivity contribution >= 4 is 5.97 Å². The second-order valence-corrected chi connectivity index (χ2v) is 5.19. The van der Waals surface area contributed by atoms with E-state index in [-0.39, 0.29) is 17.8 Å². The van der Waals surface area contributed by atoms with E-state index < -0.39 is 29.8 Å². The average Bonchev–Trinajstić information content (AvgIpc) is 2.67. The van der Waals surface area contributed by atoms with Gasteiger partial charge in [-0.15, -0.1) is 0 Å². The van der Waals surface area contributed by atoms with Gasteiger partial charge in [-0.2, -0.15) is 4.39 Å². The summed E-state index contributed by atoms with van der Waals surface area (Å²) < 4.78 is 43.0. The number of carbonyl (C=O) groups excluding carboxylic acids is 1. The predicted molar refractivity (Wildman–Crippen MR) is 70.9 cm³/mol. The molecule has 0 N–H and O–H groups in total. The van der Waals surface area contributed by atoms with Crippen LogP contribution in [0.3, 0.4) is 0 Å². The molecule has 0 spiro atoms. The quantitative estimate of drug-likeness (QED) is 0.805. The SMILES string of the molecule is COc1c([C@H]2C(OC(C)=O)OC(C)[C@H]2C)ccc(F)c1F. The highest BCUT2D eigenvalue weighted by Crippen LogP contribution is 2.44. The number of rotatable bonds is 3. The van der Waals surface area contributed by atoms with Crippen molar-refractivity contribution in [3.63, 3.8) is 0 Å². The summed E-state index contributed by atoms with van der Waals surface area (Å²) in [6.07, 6.45) is -1.02. The maximum atomic E-state index is 13.9. The van der Waals surface area contributed by atoms with E-state index in [2.05, 4.69) is 0 Å². The van der Waals surface area contributed by atoms with E-state index in [1.54, 1.807) is 0 Å². The Balaban J connectivity index is 2.46. The molecule has 0 bridgehead atoms. The Hall–Kier alpha value is -1.69. The normalized spacial score (nSPS) is 28.5. The minimum Gasteiger partial charge on any atom is -0.493 e. The molecule has 0 aliphatic carbocycles. The first kappa shape index (κ1) is 15.7. The minimum absolute atomic E-state index is 0.0480. The van der Waals surface area contributed by atoms with Crippen LogP contribution in [0.25, 0.3) is 0 Å². The van der Waals surface area contributed by atoms with Gasteiger partial charge >= 0.3 is 5.97 Å². The van der Waals surface area contributed by atoms with Crippen molar-refractivity contribution in [2.24, 2.45) is 5.92 Å². The zero-order chi connectivity index (χ0) is 15.7. The summed E-state index contributed by atoms with van der Waals surface area (Å²) in [5, 5.41) is 0. The van der Waals surface area contributed by atoms with Crippen LogP contribution in [0, 0.1) is 17.6 Å². The number of hydrogen-bond acceptors (Lipinski definition) is 4. The monoisotopic (exact) mass is 300 g/mol. The lowest BCUT2D eigenvalue weighted by molar-refractivity contribution is -0.174.